The summed E-state index contributed by atoms with van der Waals surface area (Å²) in [6.07, 6.45) is 1.73. The highest BCUT2D eigenvalue weighted by Gasteiger charge is 2.26. The highest BCUT2D eigenvalue weighted by atomic mass is 16.5. The van der Waals surface area contributed by atoms with Gasteiger partial charge in [0.1, 0.15) is 0 Å². The molecule has 1 fully saturated rings. The third kappa shape index (κ3) is 3.50. The highest BCUT2D eigenvalue weighted by molar-refractivity contribution is 6.04. The van der Waals surface area contributed by atoms with Crippen LogP contribution in [0.2, 0.25) is 0 Å². The van der Waals surface area contributed by atoms with Crippen LogP contribution in [0.5, 0.6) is 0 Å². The van der Waals surface area contributed by atoms with Crippen LogP contribution in [-0.4, -0.2) is 57.9 Å². The van der Waals surface area contributed by atoms with E-state index in [2.05, 4.69) is 10.2 Å². The number of H-pyrrole nitrogens is 1. The van der Waals surface area contributed by atoms with E-state index in [0.717, 1.165) is 23.7 Å². The van der Waals surface area contributed by atoms with Crippen LogP contribution in [0, 0.1) is 0 Å². The van der Waals surface area contributed by atoms with E-state index in [9.17, 15) is 9.59 Å². The number of aliphatic carboxylic acids is 1. The monoisotopic (exact) mass is 317 g/mol. The molecule has 2 aromatic rings. The number of fused-ring (bicyclic) bond motifs is 1. The molecule has 122 valence electrons. The number of para-hydroxylation sites is 1. The van der Waals surface area contributed by atoms with Crippen molar-refractivity contribution in [3.05, 3.63) is 30.0 Å². The first kappa shape index (κ1) is 15.5. The number of carboxylic acid groups (broad SMARTS) is 1. The molecule has 1 aliphatic heterocycles. The average molecular weight is 317 g/mol. The van der Waals surface area contributed by atoms with Gasteiger partial charge in [0.2, 0.25) is 0 Å². The predicted octanol–water partition coefficient (Wildman–Crippen LogP) is 1.66. The van der Waals surface area contributed by atoms with Gasteiger partial charge in [-0.3, -0.25) is 14.7 Å². The minimum atomic E-state index is -0.929. The summed E-state index contributed by atoms with van der Waals surface area (Å²) in [5.41, 5.74) is 1.11. The minimum Gasteiger partial charge on any atom is -0.481 e. The molecule has 0 spiro atoms. The van der Waals surface area contributed by atoms with Gasteiger partial charge in [0.25, 0.3) is 5.91 Å². The zero-order chi connectivity index (χ0) is 16.2. The molecule has 0 bridgehead atoms. The SMILES string of the molecule is O=C(O)CCN(C[C@H]1CCCO1)C(=O)c1n[nH]c2ccccc12. The summed E-state index contributed by atoms with van der Waals surface area (Å²) in [5.74, 6) is -1.19. The number of hydrogen-bond acceptors (Lipinski definition) is 4. The van der Waals surface area contributed by atoms with Gasteiger partial charge < -0.3 is 14.7 Å². The summed E-state index contributed by atoms with van der Waals surface area (Å²) in [7, 11) is 0. The number of nitrogens with zero attached hydrogens (tertiary/aromatic N) is 2. The number of carboxylic acids is 1. The van der Waals surface area contributed by atoms with Crippen LogP contribution in [0.25, 0.3) is 10.9 Å². The van der Waals surface area contributed by atoms with E-state index < -0.39 is 5.97 Å². The van der Waals surface area contributed by atoms with Gasteiger partial charge in [0.05, 0.1) is 18.0 Å². The summed E-state index contributed by atoms with van der Waals surface area (Å²) in [4.78, 5) is 25.2. The van der Waals surface area contributed by atoms with E-state index in [0.29, 0.717) is 18.8 Å². The number of carbonyl (C=O) groups is 2. The number of rotatable bonds is 6. The number of benzene rings is 1. The lowest BCUT2D eigenvalue weighted by molar-refractivity contribution is -0.137. The van der Waals surface area contributed by atoms with Crippen molar-refractivity contribution in [2.24, 2.45) is 0 Å². The van der Waals surface area contributed by atoms with Crippen molar-refractivity contribution in [2.75, 3.05) is 19.7 Å². The highest BCUT2D eigenvalue weighted by Crippen LogP contribution is 2.19. The normalized spacial score (nSPS) is 17.5. The predicted molar refractivity (Wildman–Crippen MR) is 83.2 cm³/mol. The van der Waals surface area contributed by atoms with Crippen molar-refractivity contribution in [3.8, 4) is 0 Å². The third-order valence-electron chi connectivity index (χ3n) is 4.00. The zero-order valence-electron chi connectivity index (χ0n) is 12.7. The van der Waals surface area contributed by atoms with Gasteiger partial charge in [-0.2, -0.15) is 5.10 Å². The zero-order valence-corrected chi connectivity index (χ0v) is 12.7. The van der Waals surface area contributed by atoms with Gasteiger partial charge in [-0.05, 0) is 18.9 Å². The molecule has 1 saturated heterocycles. The molecule has 3 rings (SSSR count). The fourth-order valence-corrected chi connectivity index (χ4v) is 2.82. The number of hydrogen-bond donors (Lipinski definition) is 2. The molecule has 0 unspecified atom stereocenters. The van der Waals surface area contributed by atoms with Crippen LogP contribution < -0.4 is 0 Å². The number of amides is 1. The lowest BCUT2D eigenvalue weighted by Gasteiger charge is -2.24. The number of aromatic nitrogens is 2. The molecule has 23 heavy (non-hydrogen) atoms. The Kier molecular flexibility index (Phi) is 4.57. The number of aromatic amines is 1. The Morgan fingerprint density at radius 2 is 2.22 bits per heavy atom. The Morgan fingerprint density at radius 3 is 2.96 bits per heavy atom. The van der Waals surface area contributed by atoms with Gasteiger partial charge in [-0.25, -0.2) is 0 Å². The van der Waals surface area contributed by atoms with E-state index in [1.165, 1.54) is 4.90 Å². The maximum atomic E-state index is 12.8. The first-order valence-corrected chi connectivity index (χ1v) is 7.71. The van der Waals surface area contributed by atoms with Crippen LogP contribution in [0.15, 0.2) is 24.3 Å². The Bertz CT molecular complexity index is 706. The molecule has 2 N–H and O–H groups in total. The second-order valence-electron chi connectivity index (χ2n) is 5.65. The van der Waals surface area contributed by atoms with Gasteiger partial charge in [-0.1, -0.05) is 18.2 Å². The second-order valence-corrected chi connectivity index (χ2v) is 5.65. The number of ether oxygens (including phenoxy) is 1. The number of nitrogens with one attached hydrogen (secondary N) is 1. The maximum absolute atomic E-state index is 12.8. The van der Waals surface area contributed by atoms with Crippen LogP contribution in [-0.2, 0) is 9.53 Å². The lowest BCUT2D eigenvalue weighted by Crippen LogP contribution is -2.39. The third-order valence-corrected chi connectivity index (χ3v) is 4.00. The molecular weight excluding hydrogens is 298 g/mol. The quantitative estimate of drug-likeness (QED) is 0.845. The standard InChI is InChI=1S/C16H19N3O4/c20-14(21)7-8-19(10-11-4-3-9-23-11)16(22)15-12-5-1-2-6-13(12)17-18-15/h1-2,5-6,11H,3-4,7-10H2,(H,17,18)(H,20,21)/t11-/m1/s1. The topological polar surface area (TPSA) is 95.5 Å². The van der Waals surface area contributed by atoms with Crippen LogP contribution in [0.3, 0.4) is 0 Å². The van der Waals surface area contributed by atoms with Crippen molar-refractivity contribution in [1.29, 1.82) is 0 Å². The molecule has 2 heterocycles. The molecule has 7 nitrogen and oxygen atoms in total. The van der Waals surface area contributed by atoms with E-state index in [1.807, 2.05) is 24.3 Å². The molecular formula is C16H19N3O4. The van der Waals surface area contributed by atoms with Crippen molar-refractivity contribution in [3.63, 3.8) is 0 Å². The van der Waals surface area contributed by atoms with E-state index >= 15 is 0 Å². The first-order chi connectivity index (χ1) is 11.1. The van der Waals surface area contributed by atoms with E-state index in [4.69, 9.17) is 9.84 Å². The van der Waals surface area contributed by atoms with E-state index in [1.54, 1.807) is 0 Å². The Hall–Kier alpha value is -2.41. The fraction of sp³-hybridized carbons (Fsp3) is 0.438. The van der Waals surface area contributed by atoms with Gasteiger partial charge >= 0.3 is 5.97 Å². The summed E-state index contributed by atoms with van der Waals surface area (Å²) < 4.78 is 5.58. The average Bonchev–Trinajstić information content (AvgIpc) is 3.20. The maximum Gasteiger partial charge on any atom is 0.305 e. The largest absolute Gasteiger partial charge is 0.481 e. The van der Waals surface area contributed by atoms with Gasteiger partial charge in [-0.15, -0.1) is 0 Å². The minimum absolute atomic E-state index is 0.0297. The van der Waals surface area contributed by atoms with Crippen molar-refractivity contribution in [1.82, 2.24) is 15.1 Å². The molecule has 1 aromatic heterocycles. The lowest BCUT2D eigenvalue weighted by atomic mass is 10.1. The molecule has 0 aliphatic carbocycles. The Balaban J connectivity index is 1.81. The Morgan fingerprint density at radius 1 is 1.39 bits per heavy atom. The summed E-state index contributed by atoms with van der Waals surface area (Å²) in [5, 5.41) is 16.6. The van der Waals surface area contributed by atoms with Crippen LogP contribution in [0.4, 0.5) is 0 Å². The molecule has 1 atom stereocenters. The van der Waals surface area contributed by atoms with Gasteiger partial charge in [0.15, 0.2) is 5.69 Å². The molecule has 7 heteroatoms. The van der Waals surface area contributed by atoms with Gasteiger partial charge in [0, 0.05) is 25.1 Å². The fourth-order valence-electron chi connectivity index (χ4n) is 2.82. The molecule has 0 radical (unpaired) electrons. The summed E-state index contributed by atoms with van der Waals surface area (Å²) >= 11 is 0. The van der Waals surface area contributed by atoms with Crippen LogP contribution in [0.1, 0.15) is 29.8 Å². The van der Waals surface area contributed by atoms with Crippen molar-refractivity contribution < 1.29 is 19.4 Å². The number of carbonyl (C=O) groups excluding carboxylic acids is 1. The smallest absolute Gasteiger partial charge is 0.305 e. The Labute approximate surface area is 133 Å². The summed E-state index contributed by atoms with van der Waals surface area (Å²) in [6, 6.07) is 7.38. The van der Waals surface area contributed by atoms with Crippen molar-refractivity contribution in [2.45, 2.75) is 25.4 Å². The molecule has 1 aliphatic rings. The van der Waals surface area contributed by atoms with Crippen LogP contribution >= 0.6 is 0 Å². The summed E-state index contributed by atoms with van der Waals surface area (Å²) in [6.45, 7) is 1.24. The first-order valence-electron chi connectivity index (χ1n) is 7.71. The molecule has 1 aromatic carbocycles. The van der Waals surface area contributed by atoms with E-state index in [-0.39, 0.29) is 25.0 Å². The second kappa shape index (κ2) is 6.78. The molecule has 0 saturated carbocycles. The molecule has 1 amide bonds. The van der Waals surface area contributed by atoms with Crippen molar-refractivity contribution >= 4 is 22.8 Å².